The van der Waals surface area contributed by atoms with Gasteiger partial charge in [-0.15, -0.1) is 0 Å². The third-order valence-corrected chi connectivity index (χ3v) is 2.32. The SMILES string of the molecule is O=[PH](O)OC(O)(OP(O)O)c1cccnc1. The molecule has 0 spiro atoms. The van der Waals surface area contributed by atoms with Gasteiger partial charge in [-0.1, -0.05) is 0 Å². The van der Waals surface area contributed by atoms with E-state index in [-0.39, 0.29) is 5.56 Å². The Kier molecular flexibility index (Phi) is 4.91. The van der Waals surface area contributed by atoms with Crippen LogP contribution in [-0.2, 0) is 19.6 Å². The van der Waals surface area contributed by atoms with Gasteiger partial charge in [0, 0.05) is 12.4 Å². The Morgan fingerprint density at radius 2 is 2.19 bits per heavy atom. The first-order valence-electron chi connectivity index (χ1n) is 3.86. The molecule has 1 rings (SSSR count). The van der Waals surface area contributed by atoms with Crippen molar-refractivity contribution in [3.63, 3.8) is 0 Å². The molecule has 0 amide bonds. The molecule has 0 bridgehead atoms. The van der Waals surface area contributed by atoms with Crippen LogP contribution in [0.4, 0.5) is 0 Å². The van der Waals surface area contributed by atoms with E-state index in [2.05, 4.69) is 14.0 Å². The van der Waals surface area contributed by atoms with E-state index in [0.29, 0.717) is 0 Å². The third-order valence-electron chi connectivity index (χ3n) is 1.46. The van der Waals surface area contributed by atoms with E-state index in [1.54, 1.807) is 0 Å². The molecule has 0 aliphatic heterocycles. The number of aromatic nitrogens is 1. The van der Waals surface area contributed by atoms with Gasteiger partial charge in [0.05, 0.1) is 5.56 Å². The summed E-state index contributed by atoms with van der Waals surface area (Å²) in [5.41, 5.74) is -0.141. The molecule has 0 radical (unpaired) electrons. The van der Waals surface area contributed by atoms with Crippen LogP contribution < -0.4 is 0 Å². The average Bonchev–Trinajstić information content (AvgIpc) is 2.16. The van der Waals surface area contributed by atoms with Crippen molar-refractivity contribution in [2.75, 3.05) is 0 Å². The summed E-state index contributed by atoms with van der Waals surface area (Å²) in [6.07, 6.45) is 2.47. The van der Waals surface area contributed by atoms with E-state index in [1.165, 1.54) is 18.3 Å². The van der Waals surface area contributed by atoms with E-state index in [1.807, 2.05) is 0 Å². The van der Waals surface area contributed by atoms with Crippen LogP contribution in [0.5, 0.6) is 0 Å². The first kappa shape index (κ1) is 13.6. The second-order valence-electron chi connectivity index (χ2n) is 2.54. The molecule has 4 N–H and O–H groups in total. The molecule has 90 valence electrons. The molecule has 0 saturated heterocycles. The smallest absolute Gasteiger partial charge is 0.331 e. The quantitative estimate of drug-likeness (QED) is 0.427. The van der Waals surface area contributed by atoms with Crippen molar-refractivity contribution in [3.05, 3.63) is 30.1 Å². The number of nitrogens with zero attached hydrogens (tertiary/aromatic N) is 1. The van der Waals surface area contributed by atoms with Crippen LogP contribution in [-0.4, -0.2) is 24.8 Å². The predicted molar refractivity (Wildman–Crippen MR) is 52.9 cm³/mol. The van der Waals surface area contributed by atoms with Crippen LogP contribution in [0, 0.1) is 0 Å². The monoisotopic (exact) mass is 269 g/mol. The number of rotatable bonds is 5. The lowest BCUT2D eigenvalue weighted by atomic mass is 10.2. The van der Waals surface area contributed by atoms with Crippen LogP contribution >= 0.6 is 16.9 Å². The average molecular weight is 269 g/mol. The molecular weight excluding hydrogens is 260 g/mol. The van der Waals surface area contributed by atoms with Gasteiger partial charge in [-0.2, -0.15) is 0 Å². The Morgan fingerprint density at radius 1 is 1.50 bits per heavy atom. The maximum atomic E-state index is 10.5. The molecule has 1 aromatic rings. The molecule has 2 unspecified atom stereocenters. The van der Waals surface area contributed by atoms with E-state index in [9.17, 15) is 9.67 Å². The van der Waals surface area contributed by atoms with Crippen molar-refractivity contribution in [3.8, 4) is 0 Å². The highest BCUT2D eigenvalue weighted by molar-refractivity contribution is 7.39. The lowest BCUT2D eigenvalue weighted by Gasteiger charge is -2.25. The number of hydrogen-bond acceptors (Lipinski definition) is 7. The number of pyridine rings is 1. The van der Waals surface area contributed by atoms with E-state index in [0.717, 1.165) is 6.20 Å². The van der Waals surface area contributed by atoms with E-state index in [4.69, 9.17) is 14.7 Å². The van der Waals surface area contributed by atoms with Crippen molar-refractivity contribution >= 4 is 16.9 Å². The summed E-state index contributed by atoms with van der Waals surface area (Å²) in [5, 5.41) is 9.70. The van der Waals surface area contributed by atoms with Gasteiger partial charge in [0.2, 0.25) is 0 Å². The molecular formula is C6H9NO7P2. The van der Waals surface area contributed by atoms with Gasteiger partial charge in [-0.25, -0.2) is 9.05 Å². The zero-order chi connectivity index (χ0) is 12.2. The molecule has 2 atom stereocenters. The Hall–Kier alpha value is -0.430. The summed E-state index contributed by atoms with van der Waals surface area (Å²) in [4.78, 5) is 29.4. The molecule has 0 saturated carbocycles. The summed E-state index contributed by atoms with van der Waals surface area (Å²) in [5.74, 6) is -2.71. The maximum Gasteiger partial charge on any atom is 0.331 e. The van der Waals surface area contributed by atoms with Crippen molar-refractivity contribution < 1.29 is 33.4 Å². The largest absolute Gasteiger partial charge is 0.339 e. The van der Waals surface area contributed by atoms with Crippen LogP contribution in [0.2, 0.25) is 0 Å². The van der Waals surface area contributed by atoms with Crippen LogP contribution in [0.15, 0.2) is 24.5 Å². The van der Waals surface area contributed by atoms with Gasteiger partial charge in [0.15, 0.2) is 0 Å². The van der Waals surface area contributed by atoms with Gasteiger partial charge in [-0.05, 0) is 12.1 Å². The van der Waals surface area contributed by atoms with E-state index >= 15 is 0 Å². The van der Waals surface area contributed by atoms with Gasteiger partial charge >= 0.3 is 22.8 Å². The van der Waals surface area contributed by atoms with Crippen molar-refractivity contribution in [1.82, 2.24) is 4.98 Å². The maximum absolute atomic E-state index is 10.5. The van der Waals surface area contributed by atoms with Gasteiger partial charge in [-0.3, -0.25) is 9.55 Å². The second-order valence-corrected chi connectivity index (χ2v) is 3.96. The summed E-state index contributed by atoms with van der Waals surface area (Å²) < 4.78 is 19.0. The standard InChI is InChI=1S/C6H9NO7P2/c8-6(13-15(9)10,14-16(11)12)5-2-1-3-7-4-5/h1-4,8-10,16H,(H,11,12). The number of aliphatic hydroxyl groups is 1. The fourth-order valence-electron chi connectivity index (χ4n) is 0.909. The Bertz CT molecular complexity index is 361. The first-order valence-corrected chi connectivity index (χ1v) is 6.29. The lowest BCUT2D eigenvalue weighted by Crippen LogP contribution is -2.29. The zero-order valence-corrected chi connectivity index (χ0v) is 9.61. The predicted octanol–water partition coefficient (Wildman–Crippen LogP) is -0.189. The normalized spacial score (nSPS) is 17.1. The molecule has 1 heterocycles. The zero-order valence-electron chi connectivity index (χ0n) is 7.72. The fraction of sp³-hybridized carbons (Fsp3) is 0.167. The topological polar surface area (TPSA) is 129 Å². The Morgan fingerprint density at radius 3 is 2.62 bits per heavy atom. The van der Waals surface area contributed by atoms with Crippen molar-refractivity contribution in [1.29, 1.82) is 0 Å². The Balaban J connectivity index is 2.99. The van der Waals surface area contributed by atoms with Crippen molar-refractivity contribution in [2.45, 2.75) is 5.97 Å². The van der Waals surface area contributed by atoms with Crippen LogP contribution in [0.1, 0.15) is 5.56 Å². The molecule has 0 aromatic carbocycles. The van der Waals surface area contributed by atoms with Gasteiger partial charge < -0.3 is 19.8 Å². The molecule has 16 heavy (non-hydrogen) atoms. The molecule has 10 heteroatoms. The van der Waals surface area contributed by atoms with Crippen LogP contribution in [0.3, 0.4) is 0 Å². The molecule has 0 fully saturated rings. The highest BCUT2D eigenvalue weighted by Crippen LogP contribution is 2.42. The lowest BCUT2D eigenvalue weighted by molar-refractivity contribution is -0.287. The summed E-state index contributed by atoms with van der Waals surface area (Å²) in [6.45, 7) is 0. The number of hydrogen-bond donors (Lipinski definition) is 4. The van der Waals surface area contributed by atoms with Gasteiger partial charge in [0.1, 0.15) is 0 Å². The molecule has 1 aromatic heterocycles. The molecule has 0 aliphatic carbocycles. The summed E-state index contributed by atoms with van der Waals surface area (Å²) in [6, 6.07) is 2.68. The minimum Gasteiger partial charge on any atom is -0.339 e. The fourth-order valence-corrected chi connectivity index (χ4v) is 1.74. The van der Waals surface area contributed by atoms with Gasteiger partial charge in [0.25, 0.3) is 0 Å². The van der Waals surface area contributed by atoms with Crippen LogP contribution in [0.25, 0.3) is 0 Å². The molecule has 8 nitrogen and oxygen atoms in total. The highest BCUT2D eigenvalue weighted by atomic mass is 31.2. The van der Waals surface area contributed by atoms with E-state index < -0.39 is 22.8 Å². The molecule has 0 aliphatic rings. The highest BCUT2D eigenvalue weighted by Gasteiger charge is 2.37. The van der Waals surface area contributed by atoms with Crippen molar-refractivity contribution in [2.24, 2.45) is 0 Å². The summed E-state index contributed by atoms with van der Waals surface area (Å²) >= 11 is 0. The minimum absolute atomic E-state index is 0.141. The second kappa shape index (κ2) is 5.77. The third kappa shape index (κ3) is 3.86. The Labute approximate surface area is 92.1 Å². The summed E-state index contributed by atoms with van der Waals surface area (Å²) in [7, 11) is -6.53. The first-order chi connectivity index (χ1) is 7.44. The minimum atomic E-state index is -3.55.